The molecule has 0 bridgehead atoms. The number of rotatable bonds is 4. The first-order valence-electron chi connectivity index (χ1n) is 9.72. The summed E-state index contributed by atoms with van der Waals surface area (Å²) in [7, 11) is -2.04. The molecule has 3 aliphatic heterocycles. The van der Waals surface area contributed by atoms with Gasteiger partial charge in [-0.2, -0.15) is 4.31 Å². The van der Waals surface area contributed by atoms with Crippen LogP contribution in [0.2, 0.25) is 0 Å². The molecule has 0 saturated carbocycles. The lowest BCUT2D eigenvalue weighted by Gasteiger charge is -2.27. The summed E-state index contributed by atoms with van der Waals surface area (Å²) in [6.45, 7) is 1.13. The fraction of sp³-hybridized carbons (Fsp3) is 0.381. The van der Waals surface area contributed by atoms with Crippen molar-refractivity contribution >= 4 is 33.4 Å². The van der Waals surface area contributed by atoms with Gasteiger partial charge in [-0.25, -0.2) is 8.42 Å². The van der Waals surface area contributed by atoms with Gasteiger partial charge in [-0.3, -0.25) is 4.79 Å². The van der Waals surface area contributed by atoms with Crippen molar-refractivity contribution in [1.29, 1.82) is 0 Å². The second kappa shape index (κ2) is 7.04. The lowest BCUT2D eigenvalue weighted by Crippen LogP contribution is -2.33. The van der Waals surface area contributed by atoms with Gasteiger partial charge in [0.25, 0.3) is 0 Å². The zero-order valence-electron chi connectivity index (χ0n) is 16.1. The van der Waals surface area contributed by atoms with Crippen molar-refractivity contribution in [1.82, 2.24) is 4.31 Å². The molecule has 0 radical (unpaired) electrons. The molecule has 8 heteroatoms. The van der Waals surface area contributed by atoms with Gasteiger partial charge >= 0.3 is 0 Å². The van der Waals surface area contributed by atoms with E-state index in [4.69, 9.17) is 4.74 Å². The molecule has 5 rings (SSSR count). The molecule has 3 aliphatic rings. The van der Waals surface area contributed by atoms with Gasteiger partial charge < -0.3 is 9.64 Å². The van der Waals surface area contributed by atoms with Crippen molar-refractivity contribution in [2.45, 2.75) is 29.5 Å². The number of carbonyl (C=O) groups is 1. The Morgan fingerprint density at radius 1 is 1.07 bits per heavy atom. The molecule has 0 spiro atoms. The van der Waals surface area contributed by atoms with Crippen LogP contribution in [0.15, 0.2) is 41.3 Å². The Labute approximate surface area is 174 Å². The quantitative estimate of drug-likeness (QED) is 0.746. The smallest absolute Gasteiger partial charge is 0.244 e. The lowest BCUT2D eigenvalue weighted by atomic mass is 10.00. The van der Waals surface area contributed by atoms with Crippen molar-refractivity contribution in [3.63, 3.8) is 0 Å². The third kappa shape index (κ3) is 3.05. The highest BCUT2D eigenvalue weighted by atomic mass is 32.2. The van der Waals surface area contributed by atoms with E-state index in [0.717, 1.165) is 33.9 Å². The fourth-order valence-corrected chi connectivity index (χ4v) is 7.80. The second-order valence-corrected chi connectivity index (χ2v) is 10.6. The monoisotopic (exact) mass is 430 g/mol. The van der Waals surface area contributed by atoms with E-state index in [1.54, 1.807) is 35.3 Å². The van der Waals surface area contributed by atoms with Gasteiger partial charge in [0, 0.05) is 25.3 Å². The molecule has 1 saturated heterocycles. The molecule has 3 heterocycles. The first-order valence-corrected chi connectivity index (χ1v) is 12.2. The normalized spacial score (nSPS) is 21.5. The van der Waals surface area contributed by atoms with Crippen LogP contribution < -0.4 is 9.64 Å². The van der Waals surface area contributed by atoms with Gasteiger partial charge in [0.1, 0.15) is 5.75 Å². The Hall–Kier alpha value is -2.03. The molecule has 1 amide bonds. The van der Waals surface area contributed by atoms with Crippen LogP contribution in [-0.2, 0) is 27.7 Å². The Balaban J connectivity index is 1.53. The summed E-state index contributed by atoms with van der Waals surface area (Å²) in [4.78, 5) is 14.3. The lowest BCUT2D eigenvalue weighted by molar-refractivity contribution is -0.118. The number of amides is 1. The zero-order valence-corrected chi connectivity index (χ0v) is 17.8. The van der Waals surface area contributed by atoms with Crippen LogP contribution in [-0.4, -0.2) is 44.6 Å². The molecule has 152 valence electrons. The van der Waals surface area contributed by atoms with Gasteiger partial charge in [0.05, 0.1) is 23.1 Å². The van der Waals surface area contributed by atoms with Gasteiger partial charge in [0.2, 0.25) is 15.9 Å². The topological polar surface area (TPSA) is 66.9 Å². The van der Waals surface area contributed by atoms with Crippen molar-refractivity contribution < 1.29 is 17.9 Å². The summed E-state index contributed by atoms with van der Waals surface area (Å²) >= 11 is 1.63. The standard InChI is InChI=1S/C21H22N2O4S2/c1-27-17-4-2-3-16(11-17)21-23(9-10-28-21)29(25,26)18-12-14-5-6-19(24)22-8-7-15(13-18)20(14)22/h2-4,11-13,21H,5-10H2,1H3. The van der Waals surface area contributed by atoms with Crippen LogP contribution in [0.3, 0.4) is 0 Å². The number of thioether (sulfide) groups is 1. The molecule has 0 aliphatic carbocycles. The third-order valence-corrected chi connectivity index (χ3v) is 9.10. The van der Waals surface area contributed by atoms with E-state index >= 15 is 0 Å². The predicted molar refractivity (Wildman–Crippen MR) is 113 cm³/mol. The summed E-state index contributed by atoms with van der Waals surface area (Å²) < 4.78 is 34.1. The molecule has 2 aromatic rings. The SMILES string of the molecule is COc1cccc(C2SCCN2S(=O)(=O)c2cc3c4c(c2)CCN4C(=O)CC3)c1. The minimum Gasteiger partial charge on any atom is -0.497 e. The van der Waals surface area contributed by atoms with Crippen LogP contribution in [0.4, 0.5) is 5.69 Å². The molecule has 1 fully saturated rings. The number of sulfonamides is 1. The summed E-state index contributed by atoms with van der Waals surface area (Å²) in [5.74, 6) is 1.61. The largest absolute Gasteiger partial charge is 0.497 e. The maximum Gasteiger partial charge on any atom is 0.244 e. The van der Waals surface area contributed by atoms with Crippen molar-refractivity contribution in [2.24, 2.45) is 0 Å². The molecular weight excluding hydrogens is 408 g/mol. The van der Waals surface area contributed by atoms with E-state index < -0.39 is 10.0 Å². The number of hydrogen-bond acceptors (Lipinski definition) is 5. The van der Waals surface area contributed by atoms with Gasteiger partial charge in [-0.15, -0.1) is 11.8 Å². The van der Waals surface area contributed by atoms with Crippen LogP contribution in [0, 0.1) is 0 Å². The highest BCUT2D eigenvalue weighted by molar-refractivity contribution is 8.01. The third-order valence-electron chi connectivity index (χ3n) is 5.86. The molecule has 29 heavy (non-hydrogen) atoms. The summed E-state index contributed by atoms with van der Waals surface area (Å²) in [5, 5.41) is -0.266. The Morgan fingerprint density at radius 3 is 2.66 bits per heavy atom. The Bertz CT molecular complexity index is 1100. The van der Waals surface area contributed by atoms with Crippen molar-refractivity contribution in [2.75, 3.05) is 30.9 Å². The molecule has 6 nitrogen and oxygen atoms in total. The maximum atomic E-state index is 13.6. The minimum absolute atomic E-state index is 0.140. The van der Waals surface area contributed by atoms with E-state index in [2.05, 4.69) is 0 Å². The van der Waals surface area contributed by atoms with Crippen LogP contribution in [0.1, 0.15) is 28.5 Å². The van der Waals surface area contributed by atoms with Crippen molar-refractivity contribution in [3.05, 3.63) is 53.1 Å². The van der Waals surface area contributed by atoms with E-state index in [0.29, 0.717) is 37.2 Å². The number of nitrogens with zero attached hydrogens (tertiary/aromatic N) is 2. The van der Waals surface area contributed by atoms with E-state index in [1.165, 1.54) is 0 Å². The average molecular weight is 431 g/mol. The molecular formula is C21H22N2O4S2. The number of carbonyl (C=O) groups excluding carboxylic acids is 1. The Kier molecular flexibility index (Phi) is 4.60. The number of benzene rings is 2. The highest BCUT2D eigenvalue weighted by Crippen LogP contribution is 2.44. The molecule has 0 N–H and O–H groups in total. The van der Waals surface area contributed by atoms with Gasteiger partial charge in [-0.05, 0) is 53.8 Å². The van der Waals surface area contributed by atoms with E-state index in [9.17, 15) is 13.2 Å². The fourth-order valence-electron chi connectivity index (χ4n) is 4.47. The molecule has 1 unspecified atom stereocenters. The van der Waals surface area contributed by atoms with Crippen LogP contribution in [0.5, 0.6) is 5.75 Å². The van der Waals surface area contributed by atoms with Gasteiger partial charge in [0.15, 0.2) is 0 Å². The number of hydrogen-bond donors (Lipinski definition) is 0. The van der Waals surface area contributed by atoms with Crippen molar-refractivity contribution in [3.8, 4) is 5.75 Å². The summed E-state index contributed by atoms with van der Waals surface area (Å²) in [6.07, 6.45) is 1.77. The highest BCUT2D eigenvalue weighted by Gasteiger charge is 2.39. The number of methoxy groups -OCH3 is 1. The first-order chi connectivity index (χ1) is 14.0. The number of aryl methyl sites for hydroxylation is 1. The van der Waals surface area contributed by atoms with E-state index in [-0.39, 0.29) is 11.3 Å². The van der Waals surface area contributed by atoms with Crippen LogP contribution >= 0.6 is 11.8 Å². The van der Waals surface area contributed by atoms with Gasteiger partial charge in [-0.1, -0.05) is 12.1 Å². The zero-order chi connectivity index (χ0) is 20.2. The maximum absolute atomic E-state index is 13.6. The first kappa shape index (κ1) is 19.0. The Morgan fingerprint density at radius 2 is 1.86 bits per heavy atom. The number of ether oxygens (including phenoxy) is 1. The van der Waals surface area contributed by atoms with Crippen LogP contribution in [0.25, 0.3) is 0 Å². The van der Waals surface area contributed by atoms with E-state index in [1.807, 2.05) is 29.2 Å². The predicted octanol–water partition coefficient (Wildman–Crippen LogP) is 2.97. The number of anilines is 1. The average Bonchev–Trinajstić information content (AvgIpc) is 3.39. The summed E-state index contributed by atoms with van der Waals surface area (Å²) in [6, 6.07) is 11.2. The molecule has 1 atom stereocenters. The summed E-state index contributed by atoms with van der Waals surface area (Å²) in [5.41, 5.74) is 3.82. The minimum atomic E-state index is -3.65. The molecule has 2 aromatic carbocycles. The molecule has 0 aromatic heterocycles. The second-order valence-electron chi connectivity index (χ2n) is 7.50.